The average Bonchev–Trinajstić information content (AvgIpc) is 2.54. The number of rotatable bonds is 2. The van der Waals surface area contributed by atoms with Crippen LogP contribution in [0.1, 0.15) is 5.56 Å². The van der Waals surface area contributed by atoms with E-state index in [0.29, 0.717) is 13.2 Å². The van der Waals surface area contributed by atoms with Crippen LogP contribution in [0.5, 0.6) is 0 Å². The summed E-state index contributed by atoms with van der Waals surface area (Å²) < 4.78 is 0. The van der Waals surface area contributed by atoms with E-state index in [9.17, 15) is 4.79 Å². The number of halogens is 1. The van der Waals surface area contributed by atoms with E-state index >= 15 is 0 Å². The molecule has 0 bridgehead atoms. The van der Waals surface area contributed by atoms with Gasteiger partial charge in [0.1, 0.15) is 0 Å². The smallest absolute Gasteiger partial charge is 0.323 e. The summed E-state index contributed by atoms with van der Waals surface area (Å²) in [6.07, 6.45) is 0. The quantitative estimate of drug-likeness (QED) is 0.773. The SMILES string of the molecule is Cl.O=C1NCNN1Cc1ccccc1. The van der Waals surface area contributed by atoms with Crippen molar-refractivity contribution >= 4 is 18.4 Å². The summed E-state index contributed by atoms with van der Waals surface area (Å²) in [5, 5.41) is 4.23. The van der Waals surface area contributed by atoms with Crippen LogP contribution in [0.2, 0.25) is 0 Å². The molecule has 1 aromatic carbocycles. The topological polar surface area (TPSA) is 44.4 Å². The highest BCUT2D eigenvalue weighted by Crippen LogP contribution is 2.03. The van der Waals surface area contributed by atoms with Crippen LogP contribution in [-0.4, -0.2) is 17.7 Å². The first kappa shape index (κ1) is 10.8. The van der Waals surface area contributed by atoms with Gasteiger partial charge in [0.2, 0.25) is 0 Å². The maximum atomic E-state index is 11.1. The second kappa shape index (κ2) is 4.83. The molecule has 5 heteroatoms. The Hall–Kier alpha value is -1.26. The predicted octanol–water partition coefficient (Wildman–Crippen LogP) is 1.10. The maximum Gasteiger partial charge on any atom is 0.333 e. The Kier molecular flexibility index (Phi) is 3.73. The monoisotopic (exact) mass is 213 g/mol. The highest BCUT2D eigenvalue weighted by molar-refractivity contribution is 5.85. The number of benzene rings is 1. The lowest BCUT2D eigenvalue weighted by atomic mass is 10.2. The minimum atomic E-state index is -0.0659. The number of amides is 2. The lowest BCUT2D eigenvalue weighted by Crippen LogP contribution is -2.33. The molecule has 2 N–H and O–H groups in total. The molecular weight excluding hydrogens is 202 g/mol. The highest BCUT2D eigenvalue weighted by Gasteiger charge is 2.18. The Morgan fingerprint density at radius 1 is 1.29 bits per heavy atom. The van der Waals surface area contributed by atoms with Gasteiger partial charge in [-0.1, -0.05) is 30.3 Å². The molecule has 1 heterocycles. The normalized spacial score (nSPS) is 14.9. The first-order valence-electron chi connectivity index (χ1n) is 4.19. The van der Waals surface area contributed by atoms with E-state index in [-0.39, 0.29) is 18.4 Å². The van der Waals surface area contributed by atoms with E-state index in [2.05, 4.69) is 10.7 Å². The minimum Gasteiger partial charge on any atom is -0.323 e. The number of nitrogens with one attached hydrogen (secondary N) is 2. The molecule has 1 fully saturated rings. The van der Waals surface area contributed by atoms with Crippen LogP contribution in [0.4, 0.5) is 4.79 Å². The predicted molar refractivity (Wildman–Crippen MR) is 55.8 cm³/mol. The molecule has 0 atom stereocenters. The number of nitrogens with zero attached hydrogens (tertiary/aromatic N) is 1. The van der Waals surface area contributed by atoms with Gasteiger partial charge in [0.25, 0.3) is 0 Å². The fourth-order valence-corrected chi connectivity index (χ4v) is 1.27. The molecule has 1 aliphatic heterocycles. The standard InChI is InChI=1S/C9H11N3O.ClH/c13-9-10-7-11-12(9)6-8-4-2-1-3-5-8;/h1-5,11H,6-7H2,(H,10,13);1H. The van der Waals surface area contributed by atoms with Crippen LogP contribution in [-0.2, 0) is 6.54 Å². The van der Waals surface area contributed by atoms with Crippen molar-refractivity contribution in [2.75, 3.05) is 6.67 Å². The maximum absolute atomic E-state index is 11.1. The van der Waals surface area contributed by atoms with Gasteiger partial charge in [-0.3, -0.25) is 5.01 Å². The fraction of sp³-hybridized carbons (Fsp3) is 0.222. The molecule has 14 heavy (non-hydrogen) atoms. The van der Waals surface area contributed by atoms with Crippen LogP contribution < -0.4 is 10.7 Å². The minimum absolute atomic E-state index is 0. The summed E-state index contributed by atoms with van der Waals surface area (Å²) in [5.74, 6) is 0. The van der Waals surface area contributed by atoms with E-state index in [1.165, 1.54) is 0 Å². The molecule has 4 nitrogen and oxygen atoms in total. The number of hydrogen-bond acceptors (Lipinski definition) is 2. The number of carbonyl (C=O) groups excluding carboxylic acids is 1. The van der Waals surface area contributed by atoms with Crippen molar-refractivity contribution in [3.8, 4) is 0 Å². The first-order valence-corrected chi connectivity index (χ1v) is 4.19. The van der Waals surface area contributed by atoms with Crippen LogP contribution >= 0.6 is 12.4 Å². The first-order chi connectivity index (χ1) is 6.36. The molecule has 2 rings (SSSR count). The van der Waals surface area contributed by atoms with Crippen LogP contribution in [0, 0.1) is 0 Å². The van der Waals surface area contributed by atoms with Gasteiger partial charge >= 0.3 is 6.03 Å². The molecule has 1 saturated heterocycles. The molecule has 0 aromatic heterocycles. The highest BCUT2D eigenvalue weighted by atomic mass is 35.5. The van der Waals surface area contributed by atoms with Crippen molar-refractivity contribution in [2.24, 2.45) is 0 Å². The summed E-state index contributed by atoms with van der Waals surface area (Å²) in [6.45, 7) is 1.12. The van der Waals surface area contributed by atoms with Crippen molar-refractivity contribution in [3.05, 3.63) is 35.9 Å². The van der Waals surface area contributed by atoms with Crippen LogP contribution in [0.3, 0.4) is 0 Å². The number of urea groups is 1. The Balaban J connectivity index is 0.000000980. The summed E-state index contributed by atoms with van der Waals surface area (Å²) in [7, 11) is 0. The molecule has 1 aromatic rings. The van der Waals surface area contributed by atoms with Crippen molar-refractivity contribution in [1.29, 1.82) is 0 Å². The third-order valence-electron chi connectivity index (χ3n) is 1.94. The molecule has 1 aliphatic rings. The Labute approximate surface area is 88.7 Å². The summed E-state index contributed by atoms with van der Waals surface area (Å²) >= 11 is 0. The molecule has 0 aliphatic carbocycles. The third kappa shape index (κ3) is 2.37. The van der Waals surface area contributed by atoms with Crippen molar-refractivity contribution in [1.82, 2.24) is 15.8 Å². The lowest BCUT2D eigenvalue weighted by molar-refractivity contribution is 0.198. The molecule has 76 valence electrons. The Bertz CT molecular complexity index is 304. The number of hydrazine groups is 1. The summed E-state index contributed by atoms with van der Waals surface area (Å²) in [5.41, 5.74) is 4.05. The zero-order valence-electron chi connectivity index (χ0n) is 7.56. The van der Waals surface area contributed by atoms with E-state index in [4.69, 9.17) is 0 Å². The lowest BCUT2D eigenvalue weighted by Gasteiger charge is -2.13. The van der Waals surface area contributed by atoms with Gasteiger partial charge in [-0.15, -0.1) is 12.4 Å². The van der Waals surface area contributed by atoms with Gasteiger partial charge in [0.15, 0.2) is 0 Å². The number of carbonyl (C=O) groups is 1. The van der Waals surface area contributed by atoms with Gasteiger partial charge in [0.05, 0.1) is 13.2 Å². The molecule has 0 saturated carbocycles. The van der Waals surface area contributed by atoms with Crippen molar-refractivity contribution < 1.29 is 4.79 Å². The van der Waals surface area contributed by atoms with Crippen LogP contribution in [0.15, 0.2) is 30.3 Å². The largest absolute Gasteiger partial charge is 0.333 e. The average molecular weight is 214 g/mol. The van der Waals surface area contributed by atoms with E-state index in [1.54, 1.807) is 5.01 Å². The molecular formula is C9H12ClN3O. The molecule has 2 amide bonds. The summed E-state index contributed by atoms with van der Waals surface area (Å²) in [6, 6.07) is 9.80. The van der Waals surface area contributed by atoms with Gasteiger partial charge in [-0.05, 0) is 5.56 Å². The zero-order valence-corrected chi connectivity index (χ0v) is 8.38. The molecule has 0 radical (unpaired) electrons. The fourth-order valence-electron chi connectivity index (χ4n) is 1.27. The van der Waals surface area contributed by atoms with Crippen LogP contribution in [0.25, 0.3) is 0 Å². The van der Waals surface area contributed by atoms with Gasteiger partial charge in [-0.25, -0.2) is 10.2 Å². The van der Waals surface area contributed by atoms with Crippen molar-refractivity contribution in [2.45, 2.75) is 6.54 Å². The van der Waals surface area contributed by atoms with Crippen molar-refractivity contribution in [3.63, 3.8) is 0 Å². The Morgan fingerprint density at radius 3 is 2.57 bits per heavy atom. The van der Waals surface area contributed by atoms with Gasteiger partial charge in [0, 0.05) is 0 Å². The number of hydrogen-bond donors (Lipinski definition) is 2. The van der Waals surface area contributed by atoms with Gasteiger partial charge < -0.3 is 5.32 Å². The zero-order chi connectivity index (χ0) is 9.10. The van der Waals surface area contributed by atoms with Gasteiger partial charge in [-0.2, -0.15) is 0 Å². The van der Waals surface area contributed by atoms with E-state index < -0.39 is 0 Å². The molecule has 0 unspecified atom stereocenters. The second-order valence-corrected chi connectivity index (χ2v) is 2.89. The van der Waals surface area contributed by atoms with E-state index in [0.717, 1.165) is 5.56 Å². The van der Waals surface area contributed by atoms with E-state index in [1.807, 2.05) is 30.3 Å². The third-order valence-corrected chi connectivity index (χ3v) is 1.94. The molecule has 0 spiro atoms. The second-order valence-electron chi connectivity index (χ2n) is 2.89. The Morgan fingerprint density at radius 2 is 2.00 bits per heavy atom. The summed E-state index contributed by atoms with van der Waals surface area (Å²) in [4.78, 5) is 11.1.